The molecule has 0 bridgehead atoms. The minimum absolute atomic E-state index is 0.0100. The Bertz CT molecular complexity index is 960. The Hall–Kier alpha value is -2.41. The second kappa shape index (κ2) is 32.5. The molecule has 0 saturated carbocycles. The van der Waals surface area contributed by atoms with Crippen molar-refractivity contribution in [3.05, 3.63) is 12.2 Å². The van der Waals surface area contributed by atoms with Crippen LogP contribution in [0, 0.1) is 0 Å². The van der Waals surface area contributed by atoms with E-state index < -0.39 is 23.7 Å². The van der Waals surface area contributed by atoms with Crippen molar-refractivity contribution < 1.29 is 38.2 Å². The molecule has 50 heavy (non-hydrogen) atoms. The molecule has 1 unspecified atom stereocenters. The van der Waals surface area contributed by atoms with Gasteiger partial charge in [0.2, 0.25) is 11.8 Å². The van der Waals surface area contributed by atoms with Crippen molar-refractivity contribution in [1.82, 2.24) is 16.0 Å². The maximum absolute atomic E-state index is 12.1. The third-order valence-corrected chi connectivity index (χ3v) is 9.62. The summed E-state index contributed by atoms with van der Waals surface area (Å²) in [6.07, 6.45) is 20.6. The van der Waals surface area contributed by atoms with Crippen LogP contribution in [0.3, 0.4) is 0 Å². The van der Waals surface area contributed by atoms with Crippen molar-refractivity contribution in [3.63, 3.8) is 0 Å². The average molecular weight is 746 g/mol. The van der Waals surface area contributed by atoms with Crippen LogP contribution in [0.25, 0.3) is 0 Å². The first-order valence-corrected chi connectivity index (χ1v) is 21.2. The van der Waals surface area contributed by atoms with Gasteiger partial charge in [0.05, 0.1) is 19.6 Å². The molecule has 0 spiro atoms. The lowest BCUT2D eigenvalue weighted by Gasteiger charge is -2.21. The van der Waals surface area contributed by atoms with Gasteiger partial charge in [-0.1, -0.05) is 92.0 Å². The van der Waals surface area contributed by atoms with Gasteiger partial charge in [0, 0.05) is 43.9 Å². The predicted octanol–water partition coefficient (Wildman–Crippen LogP) is 7.81. The number of rotatable bonds is 31. The molecule has 0 aromatic heterocycles. The molecule has 0 aliphatic heterocycles. The van der Waals surface area contributed by atoms with Crippen LogP contribution < -0.4 is 16.0 Å². The zero-order chi connectivity index (χ0) is 37.3. The quantitative estimate of drug-likeness (QED) is 0.0211. The van der Waals surface area contributed by atoms with Crippen LogP contribution in [0.4, 0.5) is 4.79 Å². The Labute approximate surface area is 310 Å². The molecule has 0 saturated heterocycles. The maximum Gasteiger partial charge on any atom is 0.408 e. The van der Waals surface area contributed by atoms with Gasteiger partial charge < -0.3 is 30.2 Å². The highest BCUT2D eigenvalue weighted by Crippen LogP contribution is 2.19. The van der Waals surface area contributed by atoms with Crippen molar-refractivity contribution in [1.29, 1.82) is 0 Å². The molecule has 0 aliphatic rings. The molecule has 3 amide bonds. The fraction of sp³-hybridized carbons (Fsp3) is 0.811. The van der Waals surface area contributed by atoms with Gasteiger partial charge in [0.1, 0.15) is 11.6 Å². The van der Waals surface area contributed by atoms with Crippen LogP contribution in [-0.4, -0.2) is 79.3 Å². The van der Waals surface area contributed by atoms with Crippen LogP contribution in [-0.2, 0) is 33.4 Å². The number of carbonyl (C=O) groups is 5. The number of hydrogen-bond acceptors (Lipinski definition) is 10. The second-order valence-electron chi connectivity index (χ2n) is 13.3. The van der Waals surface area contributed by atoms with Crippen LogP contribution in [0.15, 0.2) is 12.2 Å². The molecule has 3 N–H and O–H groups in total. The number of unbranched alkanes of at least 4 members (excludes halogenated alkanes) is 11. The van der Waals surface area contributed by atoms with Crippen LogP contribution >= 0.6 is 21.6 Å². The third kappa shape index (κ3) is 34.1. The largest absolute Gasteiger partial charge is 0.466 e. The molecule has 13 heteroatoms. The number of hydrogen-bond donors (Lipinski definition) is 3. The molecule has 0 rings (SSSR count). The van der Waals surface area contributed by atoms with Gasteiger partial charge >= 0.3 is 18.0 Å². The Kier molecular flexibility index (Phi) is 30.9. The number of allylic oxidation sites excluding steroid dienone is 2. The number of carbonyl (C=O) groups excluding carboxylic acids is 5. The number of esters is 2. The summed E-state index contributed by atoms with van der Waals surface area (Å²) in [5.41, 5.74) is -0.636. The second-order valence-corrected chi connectivity index (χ2v) is 16.0. The number of nitrogens with one attached hydrogen (secondary N) is 3. The van der Waals surface area contributed by atoms with Crippen LogP contribution in [0.5, 0.6) is 0 Å². The molecular weight excluding hydrogens is 679 g/mol. The first kappa shape index (κ1) is 47.6. The number of amides is 3. The summed E-state index contributed by atoms with van der Waals surface area (Å²) in [6.45, 7) is 10.3. The zero-order valence-corrected chi connectivity index (χ0v) is 33.2. The molecule has 0 fully saturated rings. The Morgan fingerprint density at radius 3 is 1.76 bits per heavy atom. The van der Waals surface area contributed by atoms with Crippen molar-refractivity contribution >= 4 is 51.4 Å². The highest BCUT2D eigenvalue weighted by Gasteiger charge is 2.20. The third-order valence-electron chi connectivity index (χ3n) is 7.22. The van der Waals surface area contributed by atoms with Crippen molar-refractivity contribution in [3.8, 4) is 0 Å². The smallest absolute Gasteiger partial charge is 0.408 e. The van der Waals surface area contributed by atoms with Crippen molar-refractivity contribution in [2.24, 2.45) is 0 Å². The minimum atomic E-state index is -0.711. The summed E-state index contributed by atoms with van der Waals surface area (Å²) in [5, 5.41) is 8.03. The first-order chi connectivity index (χ1) is 23.9. The van der Waals surface area contributed by atoms with Gasteiger partial charge in [-0.05, 0) is 59.8 Å². The van der Waals surface area contributed by atoms with Gasteiger partial charge in [0.15, 0.2) is 0 Å². The van der Waals surface area contributed by atoms with Gasteiger partial charge in [-0.3, -0.25) is 19.2 Å². The standard InChI is InChI=1S/C37H67N3O8S2/c1-6-7-8-9-10-11-12-13-14-15-16-17-18-19-20-22-33(42)46-27-21-28-47-34(43)24-23-32(41)38-25-29-49-50-30-26-39-35(44)31(2)40-36(45)48-37(3,4)5/h13-14,31H,6-12,15-30H2,1-5H3,(H,38,41)(H,39,44)(H,40,45)/b14-13-. The Balaban J connectivity index is 3.56. The molecule has 11 nitrogen and oxygen atoms in total. The predicted molar refractivity (Wildman–Crippen MR) is 205 cm³/mol. The first-order valence-electron chi connectivity index (χ1n) is 18.7. The molecule has 0 aliphatic carbocycles. The highest BCUT2D eigenvalue weighted by atomic mass is 33.1. The summed E-state index contributed by atoms with van der Waals surface area (Å²) >= 11 is 0. The summed E-state index contributed by atoms with van der Waals surface area (Å²) in [6, 6.07) is -0.711. The number of ether oxygens (including phenoxy) is 3. The van der Waals surface area contributed by atoms with E-state index in [1.807, 2.05) is 0 Å². The molecular formula is C37H67N3O8S2. The van der Waals surface area contributed by atoms with Crippen molar-refractivity contribution in [2.45, 2.75) is 155 Å². The topological polar surface area (TPSA) is 149 Å². The van der Waals surface area contributed by atoms with Gasteiger partial charge in [-0.2, -0.15) is 0 Å². The summed E-state index contributed by atoms with van der Waals surface area (Å²) < 4.78 is 15.5. The maximum atomic E-state index is 12.1. The van der Waals surface area contributed by atoms with E-state index in [0.717, 1.165) is 25.7 Å². The van der Waals surface area contributed by atoms with Gasteiger partial charge in [-0.25, -0.2) is 4.79 Å². The summed E-state index contributed by atoms with van der Waals surface area (Å²) in [5.74, 6) is 0.134. The van der Waals surface area contributed by atoms with E-state index in [1.165, 1.54) is 57.8 Å². The van der Waals surface area contributed by atoms with E-state index in [2.05, 4.69) is 35.0 Å². The fourth-order valence-electron chi connectivity index (χ4n) is 4.49. The molecule has 0 heterocycles. The average Bonchev–Trinajstić information content (AvgIpc) is 3.05. The normalized spacial score (nSPS) is 11.9. The lowest BCUT2D eigenvalue weighted by atomic mass is 10.1. The van der Waals surface area contributed by atoms with E-state index >= 15 is 0 Å². The highest BCUT2D eigenvalue weighted by molar-refractivity contribution is 8.76. The molecule has 0 radical (unpaired) electrons. The SMILES string of the molecule is CCCCCCCC/C=C\CCCCCCCC(=O)OCCCOC(=O)CCC(=O)NCCSSCCNC(=O)C(C)NC(=O)OC(C)(C)C. The summed E-state index contributed by atoms with van der Waals surface area (Å²) in [7, 11) is 3.11. The van der Waals surface area contributed by atoms with Gasteiger partial charge in [0.25, 0.3) is 0 Å². The van der Waals surface area contributed by atoms with Gasteiger partial charge in [-0.15, -0.1) is 0 Å². The van der Waals surface area contributed by atoms with E-state index in [0.29, 0.717) is 37.4 Å². The lowest BCUT2D eigenvalue weighted by molar-refractivity contribution is -0.147. The Morgan fingerprint density at radius 1 is 0.660 bits per heavy atom. The fourth-order valence-corrected chi connectivity index (χ4v) is 6.30. The molecule has 0 aromatic rings. The van der Waals surface area contributed by atoms with E-state index in [1.54, 1.807) is 49.3 Å². The molecule has 0 aromatic carbocycles. The van der Waals surface area contributed by atoms with Crippen molar-refractivity contribution in [2.75, 3.05) is 37.8 Å². The summed E-state index contributed by atoms with van der Waals surface area (Å²) in [4.78, 5) is 59.7. The lowest BCUT2D eigenvalue weighted by Crippen LogP contribution is -2.46. The minimum Gasteiger partial charge on any atom is -0.466 e. The molecule has 290 valence electrons. The van der Waals surface area contributed by atoms with Crippen LogP contribution in [0.1, 0.15) is 144 Å². The zero-order valence-electron chi connectivity index (χ0n) is 31.6. The molecule has 1 atom stereocenters. The van der Waals surface area contributed by atoms with E-state index in [9.17, 15) is 24.0 Å². The van der Waals surface area contributed by atoms with E-state index in [4.69, 9.17) is 14.2 Å². The monoisotopic (exact) mass is 745 g/mol. The van der Waals surface area contributed by atoms with E-state index in [-0.39, 0.29) is 43.8 Å². The van der Waals surface area contributed by atoms with Crippen LogP contribution in [0.2, 0.25) is 0 Å². The number of alkyl carbamates (subject to hydrolysis) is 1. The Morgan fingerprint density at radius 2 is 1.18 bits per heavy atom.